The molecule has 0 radical (unpaired) electrons. The highest BCUT2D eigenvalue weighted by Gasteiger charge is 2.29. The molecule has 0 saturated heterocycles. The summed E-state index contributed by atoms with van der Waals surface area (Å²) in [6.07, 6.45) is 18.9. The normalized spacial score (nSPS) is 23.4. The van der Waals surface area contributed by atoms with E-state index in [1.165, 1.54) is 85.2 Å². The fourth-order valence-electron chi connectivity index (χ4n) is 6.44. The van der Waals surface area contributed by atoms with E-state index in [0.29, 0.717) is 5.92 Å². The maximum Gasteiger partial charge on any atom is 0.263 e. The zero-order valence-electron chi connectivity index (χ0n) is 22.0. The van der Waals surface area contributed by atoms with Crippen LogP contribution in [0.15, 0.2) is 86.2 Å². The van der Waals surface area contributed by atoms with Gasteiger partial charge in [-0.15, -0.1) is 0 Å². The van der Waals surface area contributed by atoms with Crippen molar-refractivity contribution in [2.24, 2.45) is 5.92 Å². The van der Waals surface area contributed by atoms with Crippen molar-refractivity contribution in [2.75, 3.05) is 17.7 Å². The maximum absolute atomic E-state index is 12.1. The summed E-state index contributed by atoms with van der Waals surface area (Å²) in [5.41, 5.74) is 8.58. The lowest BCUT2D eigenvalue weighted by atomic mass is 9.77. The topological polar surface area (TPSA) is 24.2 Å². The molecule has 7 rings (SSSR count). The summed E-state index contributed by atoms with van der Waals surface area (Å²) in [4.78, 5) is 4.54. The molecule has 0 saturated carbocycles. The Balaban J connectivity index is 1.20. The van der Waals surface area contributed by atoms with Gasteiger partial charge in [-0.1, -0.05) is 47.4 Å². The van der Waals surface area contributed by atoms with Crippen LogP contribution >= 0.6 is 23.1 Å². The molecule has 0 bridgehead atoms. The molecule has 2 atom stereocenters. The molecule has 0 spiro atoms. The smallest absolute Gasteiger partial charge is 0.263 e. The van der Waals surface area contributed by atoms with Gasteiger partial charge in [0.25, 0.3) is 5.01 Å². The van der Waals surface area contributed by atoms with E-state index in [-0.39, 0.29) is 0 Å². The Kier molecular flexibility index (Phi) is 6.45. The number of aromatic nitrogens is 1. The molecular formula is C32H33N2OS3+. The summed E-state index contributed by atoms with van der Waals surface area (Å²) in [7, 11) is -0.964. The van der Waals surface area contributed by atoms with Gasteiger partial charge in [-0.3, -0.25) is 4.21 Å². The van der Waals surface area contributed by atoms with E-state index in [4.69, 9.17) is 0 Å². The van der Waals surface area contributed by atoms with E-state index in [2.05, 4.69) is 71.0 Å². The summed E-state index contributed by atoms with van der Waals surface area (Å²) in [6, 6.07) is 13.1. The van der Waals surface area contributed by atoms with Crippen LogP contribution in [0.4, 0.5) is 5.69 Å². The summed E-state index contributed by atoms with van der Waals surface area (Å²) >= 11 is 3.79. The summed E-state index contributed by atoms with van der Waals surface area (Å²) in [5, 5.41) is 2.70. The van der Waals surface area contributed by atoms with E-state index in [0.717, 1.165) is 24.4 Å². The first-order valence-corrected chi connectivity index (χ1v) is 17.0. The predicted octanol–water partition coefficient (Wildman–Crippen LogP) is 7.79. The van der Waals surface area contributed by atoms with Gasteiger partial charge < -0.3 is 4.90 Å². The molecule has 2 aromatic carbocycles. The fourth-order valence-corrected chi connectivity index (χ4v) is 9.37. The van der Waals surface area contributed by atoms with Crippen molar-refractivity contribution in [3.63, 3.8) is 0 Å². The van der Waals surface area contributed by atoms with Crippen LogP contribution in [0.1, 0.15) is 49.6 Å². The Hall–Kier alpha value is -2.41. The number of nitrogens with zero attached hydrogens (tertiary/aromatic N) is 2. The van der Waals surface area contributed by atoms with Gasteiger partial charge in [0, 0.05) is 51.5 Å². The largest absolute Gasteiger partial charge is 0.335 e. The number of thiazole rings is 1. The van der Waals surface area contributed by atoms with Crippen molar-refractivity contribution in [2.45, 2.75) is 61.8 Å². The minimum Gasteiger partial charge on any atom is -0.335 e. The lowest BCUT2D eigenvalue weighted by Crippen LogP contribution is -2.38. The van der Waals surface area contributed by atoms with Crippen molar-refractivity contribution < 1.29 is 8.78 Å². The molecule has 6 heteroatoms. The molecule has 3 aromatic rings. The van der Waals surface area contributed by atoms with Crippen LogP contribution in [-0.2, 0) is 23.8 Å². The van der Waals surface area contributed by atoms with E-state index in [9.17, 15) is 4.21 Å². The number of fused-ring (bicyclic) bond motifs is 2. The highest BCUT2D eigenvalue weighted by molar-refractivity contribution is 8.03. The van der Waals surface area contributed by atoms with Gasteiger partial charge in [0.2, 0.25) is 5.52 Å². The molecular weight excluding hydrogens is 525 g/mol. The van der Waals surface area contributed by atoms with Crippen molar-refractivity contribution >= 4 is 55.9 Å². The Labute approximate surface area is 236 Å². The Morgan fingerprint density at radius 3 is 2.87 bits per heavy atom. The third kappa shape index (κ3) is 4.35. The van der Waals surface area contributed by atoms with Crippen LogP contribution in [0.25, 0.3) is 16.3 Å². The van der Waals surface area contributed by atoms with E-state index in [1.54, 1.807) is 6.26 Å². The van der Waals surface area contributed by atoms with E-state index >= 15 is 0 Å². The first kappa shape index (κ1) is 24.6. The third-order valence-electron chi connectivity index (χ3n) is 8.37. The number of allylic oxidation sites excluding steroid dienone is 6. The fraction of sp³-hybridized carbons (Fsp3) is 0.344. The number of benzene rings is 2. The number of aryl methyl sites for hydroxylation is 2. The minimum absolute atomic E-state index is 0.687. The Morgan fingerprint density at radius 2 is 2.00 bits per heavy atom. The predicted molar refractivity (Wildman–Crippen MR) is 162 cm³/mol. The number of thioether (sulfide) groups is 1. The van der Waals surface area contributed by atoms with Gasteiger partial charge in [0.15, 0.2) is 6.54 Å². The van der Waals surface area contributed by atoms with Gasteiger partial charge >= 0.3 is 0 Å². The van der Waals surface area contributed by atoms with Crippen molar-refractivity contribution in [1.82, 2.24) is 0 Å². The first-order valence-electron chi connectivity index (χ1n) is 13.8. The Morgan fingerprint density at radius 1 is 1.11 bits per heavy atom. The van der Waals surface area contributed by atoms with Gasteiger partial charge in [-0.2, -0.15) is 4.57 Å². The van der Waals surface area contributed by atoms with Crippen LogP contribution in [-0.4, -0.2) is 17.0 Å². The molecule has 0 amide bonds. The molecule has 3 nitrogen and oxygen atoms in total. The van der Waals surface area contributed by atoms with Crippen LogP contribution in [0.3, 0.4) is 0 Å². The molecule has 2 aliphatic carbocycles. The van der Waals surface area contributed by atoms with E-state index in [1.807, 2.05) is 29.2 Å². The van der Waals surface area contributed by atoms with Gasteiger partial charge in [0.05, 0.1) is 10.7 Å². The number of hydrogen-bond donors (Lipinski definition) is 0. The number of para-hydroxylation sites is 1. The standard InChI is InChI=1S/C32H33N2OS3/c1-3-33-27-20-26(38(2)35)13-14-28(27)36-30(33)18-21-9-11-23-12-10-22(17-25(23)16-21)19-31-34-15-5-7-24-6-4-8-29(37-31)32(24)34/h4,6,8,13-14,16-20,23H,3,5,7,9-12,15H2,1-2H3/q+1. The maximum atomic E-state index is 12.1. The Bertz CT molecular complexity index is 1610. The molecule has 2 aliphatic heterocycles. The third-order valence-corrected chi connectivity index (χ3v) is 11.5. The highest BCUT2D eigenvalue weighted by Crippen LogP contribution is 2.48. The average Bonchev–Trinajstić information content (AvgIpc) is 3.46. The number of hydrogen-bond acceptors (Lipinski definition) is 4. The van der Waals surface area contributed by atoms with Crippen molar-refractivity contribution in [1.29, 1.82) is 0 Å². The zero-order chi connectivity index (χ0) is 25.8. The van der Waals surface area contributed by atoms with Crippen molar-refractivity contribution in [3.05, 3.63) is 86.9 Å². The second kappa shape index (κ2) is 9.96. The summed E-state index contributed by atoms with van der Waals surface area (Å²) in [5.74, 6) is 0.687. The molecule has 0 N–H and O–H groups in total. The SMILES string of the molecule is CCN1C(=CC2=CC3=CC(=Cc4sc5cccc6c5[n+]4CCC6)CCC3CC2)Sc2ccc(S(C)=O)cc21. The summed E-state index contributed by atoms with van der Waals surface area (Å²) in [6.45, 7) is 4.25. The average molecular weight is 558 g/mol. The molecule has 3 heterocycles. The second-order valence-electron chi connectivity index (χ2n) is 10.7. The van der Waals surface area contributed by atoms with Crippen LogP contribution < -0.4 is 9.47 Å². The van der Waals surface area contributed by atoms with Gasteiger partial charge in [-0.05, 0) is 92.0 Å². The lowest BCUT2D eigenvalue weighted by molar-refractivity contribution is -0.671. The number of rotatable bonds is 4. The zero-order valence-corrected chi connectivity index (χ0v) is 24.5. The lowest BCUT2D eigenvalue weighted by Gasteiger charge is -2.28. The van der Waals surface area contributed by atoms with Crippen LogP contribution in [0, 0.1) is 5.92 Å². The molecule has 194 valence electrons. The molecule has 2 unspecified atom stereocenters. The second-order valence-corrected chi connectivity index (χ2v) is 14.2. The highest BCUT2D eigenvalue weighted by atomic mass is 32.2. The molecule has 0 fully saturated rings. The van der Waals surface area contributed by atoms with Crippen LogP contribution in [0.2, 0.25) is 0 Å². The van der Waals surface area contributed by atoms with Gasteiger partial charge in [0.1, 0.15) is 4.70 Å². The van der Waals surface area contributed by atoms with Gasteiger partial charge in [-0.25, -0.2) is 0 Å². The summed E-state index contributed by atoms with van der Waals surface area (Å²) < 4.78 is 16.1. The molecule has 1 aromatic heterocycles. The van der Waals surface area contributed by atoms with Crippen LogP contribution in [0.5, 0.6) is 0 Å². The van der Waals surface area contributed by atoms with E-state index < -0.39 is 10.8 Å². The monoisotopic (exact) mass is 557 g/mol. The molecule has 38 heavy (non-hydrogen) atoms. The first-order chi connectivity index (χ1) is 18.6. The quantitative estimate of drug-likeness (QED) is 0.306. The van der Waals surface area contributed by atoms with Crippen molar-refractivity contribution in [3.8, 4) is 0 Å². The minimum atomic E-state index is -0.964. The molecule has 4 aliphatic rings. The number of anilines is 1.